The zero-order chi connectivity index (χ0) is 15.6. The number of benzene rings is 2. The molecule has 2 rings (SSSR count). The van der Waals surface area contributed by atoms with Crippen LogP contribution in [0.2, 0.25) is 10.0 Å². The Bertz CT molecular complexity index is 737. The number of nitro benzene ring substituents is 1. The van der Waals surface area contributed by atoms with Crippen molar-refractivity contribution in [3.05, 3.63) is 62.1 Å². The molecule has 5 nitrogen and oxygen atoms in total. The molecule has 0 bridgehead atoms. The second kappa shape index (κ2) is 6.43. The van der Waals surface area contributed by atoms with E-state index in [0.717, 1.165) is 0 Å². The summed E-state index contributed by atoms with van der Waals surface area (Å²) in [6.45, 7) is 0. The fourth-order valence-electron chi connectivity index (χ4n) is 1.64. The summed E-state index contributed by atoms with van der Waals surface area (Å²) in [5.74, 6) is 0.136. The van der Waals surface area contributed by atoms with E-state index in [1.807, 2.05) is 0 Å². The van der Waals surface area contributed by atoms with Gasteiger partial charge in [0.05, 0.1) is 37.2 Å². The van der Waals surface area contributed by atoms with Crippen LogP contribution in [-0.4, -0.2) is 9.13 Å². The molecule has 1 unspecified atom stereocenters. The molecule has 0 aliphatic rings. The lowest BCUT2D eigenvalue weighted by Gasteiger charge is -2.06. The maximum atomic E-state index is 12.3. The monoisotopic (exact) mass is 344 g/mol. The van der Waals surface area contributed by atoms with Crippen LogP contribution in [0.3, 0.4) is 0 Å². The highest BCUT2D eigenvalue weighted by molar-refractivity contribution is 7.84. The molecule has 8 heteroatoms. The largest absolute Gasteiger partial charge is 0.398 e. The Balaban J connectivity index is 2.23. The van der Waals surface area contributed by atoms with Crippen molar-refractivity contribution in [3.63, 3.8) is 0 Å². The summed E-state index contributed by atoms with van der Waals surface area (Å²) >= 11 is 11.9. The van der Waals surface area contributed by atoms with E-state index in [0.29, 0.717) is 21.2 Å². The third-order valence-electron chi connectivity index (χ3n) is 2.77. The number of non-ortho nitro benzene ring substituents is 1. The van der Waals surface area contributed by atoms with Gasteiger partial charge in [-0.15, -0.1) is 0 Å². The molecule has 0 spiro atoms. The predicted octanol–water partition coefficient (Wildman–Crippen LogP) is 3.79. The van der Waals surface area contributed by atoms with Crippen molar-refractivity contribution in [1.29, 1.82) is 0 Å². The Morgan fingerprint density at radius 3 is 2.43 bits per heavy atom. The number of nitrogens with two attached hydrogens (primary N) is 1. The SMILES string of the molecule is Nc1ccc(S(=O)Cc2ccc([N+](=O)[O-])cc2Cl)cc1Cl. The second-order valence-electron chi connectivity index (χ2n) is 4.21. The van der Waals surface area contributed by atoms with Gasteiger partial charge >= 0.3 is 0 Å². The van der Waals surface area contributed by atoms with Gasteiger partial charge in [-0.2, -0.15) is 0 Å². The molecule has 2 N–H and O–H groups in total. The Morgan fingerprint density at radius 1 is 1.14 bits per heavy atom. The minimum atomic E-state index is -1.37. The first-order chi connectivity index (χ1) is 9.88. The molecule has 2 aromatic carbocycles. The van der Waals surface area contributed by atoms with E-state index in [9.17, 15) is 14.3 Å². The highest BCUT2D eigenvalue weighted by Gasteiger charge is 2.13. The van der Waals surface area contributed by atoms with Crippen molar-refractivity contribution in [1.82, 2.24) is 0 Å². The van der Waals surface area contributed by atoms with Gasteiger partial charge < -0.3 is 5.73 Å². The number of hydrogen-bond donors (Lipinski definition) is 1. The molecule has 0 aliphatic carbocycles. The maximum Gasteiger partial charge on any atom is 0.270 e. The predicted molar refractivity (Wildman–Crippen MR) is 84.1 cm³/mol. The lowest BCUT2D eigenvalue weighted by Crippen LogP contribution is -1.99. The molecular formula is C13H10Cl2N2O3S. The number of nitrogen functional groups attached to an aromatic ring is 1. The first-order valence-electron chi connectivity index (χ1n) is 5.74. The average molecular weight is 345 g/mol. The minimum Gasteiger partial charge on any atom is -0.398 e. The van der Waals surface area contributed by atoms with E-state index in [1.165, 1.54) is 24.3 Å². The summed E-state index contributed by atoms with van der Waals surface area (Å²) in [5.41, 5.74) is 6.46. The summed E-state index contributed by atoms with van der Waals surface area (Å²) in [6, 6.07) is 8.80. The Kier molecular flexibility index (Phi) is 4.82. The number of rotatable bonds is 4. The first-order valence-corrected chi connectivity index (χ1v) is 7.82. The van der Waals surface area contributed by atoms with E-state index >= 15 is 0 Å². The van der Waals surface area contributed by atoms with Gasteiger partial charge in [-0.3, -0.25) is 14.3 Å². The van der Waals surface area contributed by atoms with E-state index in [1.54, 1.807) is 12.1 Å². The molecule has 0 saturated heterocycles. The van der Waals surface area contributed by atoms with Crippen molar-refractivity contribution < 1.29 is 9.13 Å². The van der Waals surface area contributed by atoms with Gasteiger partial charge in [-0.25, -0.2) is 0 Å². The third kappa shape index (κ3) is 3.72. The van der Waals surface area contributed by atoms with Gasteiger partial charge in [0, 0.05) is 17.0 Å². The van der Waals surface area contributed by atoms with Crippen molar-refractivity contribution in [2.45, 2.75) is 10.6 Å². The van der Waals surface area contributed by atoms with Crippen LogP contribution < -0.4 is 5.73 Å². The summed E-state index contributed by atoms with van der Waals surface area (Å²) < 4.78 is 12.3. The second-order valence-corrected chi connectivity index (χ2v) is 6.47. The highest BCUT2D eigenvalue weighted by atomic mass is 35.5. The number of nitro groups is 1. The van der Waals surface area contributed by atoms with Crippen LogP contribution in [0.15, 0.2) is 41.3 Å². The van der Waals surface area contributed by atoms with Gasteiger partial charge in [-0.05, 0) is 29.8 Å². The molecule has 2 aromatic rings. The summed E-state index contributed by atoms with van der Waals surface area (Å²) in [5, 5.41) is 11.2. The first kappa shape index (κ1) is 15.8. The zero-order valence-corrected chi connectivity index (χ0v) is 12.9. The fraction of sp³-hybridized carbons (Fsp3) is 0.0769. The number of hydrogen-bond acceptors (Lipinski definition) is 4. The van der Waals surface area contributed by atoms with Gasteiger partial charge in [0.15, 0.2) is 0 Å². The summed E-state index contributed by atoms with van der Waals surface area (Å²) in [4.78, 5) is 10.6. The van der Waals surface area contributed by atoms with Gasteiger partial charge in [0.2, 0.25) is 0 Å². The minimum absolute atomic E-state index is 0.106. The van der Waals surface area contributed by atoms with Gasteiger partial charge in [0.25, 0.3) is 5.69 Å². The van der Waals surface area contributed by atoms with E-state index in [2.05, 4.69) is 0 Å². The quantitative estimate of drug-likeness (QED) is 0.519. The fourth-order valence-corrected chi connectivity index (χ4v) is 3.38. The van der Waals surface area contributed by atoms with E-state index in [4.69, 9.17) is 28.9 Å². The standard InChI is InChI=1S/C13H10Cl2N2O3S/c14-11-5-9(17(18)19)2-1-8(11)7-21(20)10-3-4-13(16)12(15)6-10/h1-6H,7,16H2. The lowest BCUT2D eigenvalue weighted by atomic mass is 10.2. The van der Waals surface area contributed by atoms with Crippen LogP contribution in [-0.2, 0) is 16.6 Å². The third-order valence-corrected chi connectivity index (χ3v) is 4.80. The van der Waals surface area contributed by atoms with Crippen LogP contribution >= 0.6 is 23.2 Å². The van der Waals surface area contributed by atoms with E-state index < -0.39 is 15.7 Å². The Hall–Kier alpha value is -1.63. The topological polar surface area (TPSA) is 86.2 Å². The molecule has 0 aliphatic heterocycles. The van der Waals surface area contributed by atoms with E-state index in [-0.39, 0.29) is 16.5 Å². The van der Waals surface area contributed by atoms with Crippen molar-refractivity contribution >= 4 is 45.4 Å². The lowest BCUT2D eigenvalue weighted by molar-refractivity contribution is -0.384. The molecule has 0 aromatic heterocycles. The molecule has 0 amide bonds. The van der Waals surface area contributed by atoms with Gasteiger partial charge in [0.1, 0.15) is 0 Å². The molecule has 1 atom stereocenters. The van der Waals surface area contributed by atoms with Crippen LogP contribution in [0.5, 0.6) is 0 Å². The van der Waals surface area contributed by atoms with Crippen LogP contribution in [0, 0.1) is 10.1 Å². The molecule has 110 valence electrons. The van der Waals surface area contributed by atoms with Crippen molar-refractivity contribution in [2.24, 2.45) is 0 Å². The Morgan fingerprint density at radius 2 is 1.86 bits per heavy atom. The molecular weight excluding hydrogens is 335 g/mol. The normalized spacial score (nSPS) is 12.1. The van der Waals surface area contributed by atoms with Crippen LogP contribution in [0.1, 0.15) is 5.56 Å². The molecule has 21 heavy (non-hydrogen) atoms. The molecule has 0 saturated carbocycles. The smallest absolute Gasteiger partial charge is 0.270 e. The van der Waals surface area contributed by atoms with Crippen molar-refractivity contribution in [3.8, 4) is 0 Å². The molecule has 0 fully saturated rings. The maximum absolute atomic E-state index is 12.3. The Labute approximate surface area is 133 Å². The van der Waals surface area contributed by atoms with Crippen molar-refractivity contribution in [2.75, 3.05) is 5.73 Å². The van der Waals surface area contributed by atoms with Gasteiger partial charge in [-0.1, -0.05) is 23.2 Å². The highest BCUT2D eigenvalue weighted by Crippen LogP contribution is 2.27. The average Bonchev–Trinajstić information content (AvgIpc) is 2.43. The van der Waals surface area contributed by atoms with Crippen LogP contribution in [0.4, 0.5) is 11.4 Å². The number of nitrogens with zero attached hydrogens (tertiary/aromatic N) is 1. The summed E-state index contributed by atoms with van der Waals surface area (Å²) in [6.07, 6.45) is 0. The molecule has 0 radical (unpaired) electrons. The number of halogens is 2. The zero-order valence-electron chi connectivity index (χ0n) is 10.6. The van der Waals surface area contributed by atoms with Crippen LogP contribution in [0.25, 0.3) is 0 Å². The number of anilines is 1. The summed E-state index contributed by atoms with van der Waals surface area (Å²) in [7, 11) is -1.37. The molecule has 0 heterocycles.